The second-order valence-electron chi connectivity index (χ2n) is 5.81. The van der Waals surface area contributed by atoms with E-state index < -0.39 is 6.10 Å². The summed E-state index contributed by atoms with van der Waals surface area (Å²) in [7, 11) is 0. The monoisotopic (exact) mass is 346 g/mol. The van der Waals surface area contributed by atoms with Crippen LogP contribution in [-0.4, -0.2) is 14.7 Å². The van der Waals surface area contributed by atoms with Crippen LogP contribution in [0.5, 0.6) is 0 Å². The van der Waals surface area contributed by atoms with Gasteiger partial charge in [0.1, 0.15) is 4.83 Å². The van der Waals surface area contributed by atoms with E-state index in [4.69, 9.17) is 11.6 Å². The number of aromatic nitrogens is 2. The molecule has 1 unspecified atom stereocenters. The number of rotatable bonds is 3. The van der Waals surface area contributed by atoms with Gasteiger partial charge in [0.05, 0.1) is 24.4 Å². The molecule has 0 saturated heterocycles. The van der Waals surface area contributed by atoms with Crippen LogP contribution in [0.2, 0.25) is 5.02 Å². The Morgan fingerprint density at radius 2 is 2.26 bits per heavy atom. The summed E-state index contributed by atoms with van der Waals surface area (Å²) in [6, 6.07) is 7.06. The number of fused-ring (bicyclic) bond motifs is 3. The van der Waals surface area contributed by atoms with Crippen LogP contribution in [0.25, 0.3) is 10.2 Å². The first kappa shape index (κ1) is 14.9. The van der Waals surface area contributed by atoms with Crippen molar-refractivity contribution in [2.24, 2.45) is 0 Å². The fourth-order valence-electron chi connectivity index (χ4n) is 3.16. The van der Waals surface area contributed by atoms with Gasteiger partial charge in [-0.1, -0.05) is 23.7 Å². The van der Waals surface area contributed by atoms with E-state index in [0.717, 1.165) is 35.0 Å². The van der Waals surface area contributed by atoms with Crippen molar-refractivity contribution >= 4 is 33.2 Å². The van der Waals surface area contributed by atoms with Gasteiger partial charge >= 0.3 is 0 Å². The lowest BCUT2D eigenvalue weighted by atomic mass is 10.1. The van der Waals surface area contributed by atoms with E-state index in [1.54, 1.807) is 35.6 Å². The lowest BCUT2D eigenvalue weighted by molar-refractivity contribution is 0.155. The number of thiophene rings is 1. The first-order chi connectivity index (χ1) is 11.1. The Bertz CT molecular complexity index is 947. The van der Waals surface area contributed by atoms with Gasteiger partial charge in [-0.15, -0.1) is 11.3 Å². The van der Waals surface area contributed by atoms with Crippen molar-refractivity contribution in [3.8, 4) is 0 Å². The van der Waals surface area contributed by atoms with Crippen molar-refractivity contribution in [3.63, 3.8) is 0 Å². The van der Waals surface area contributed by atoms with Gasteiger partial charge in [0.2, 0.25) is 0 Å². The first-order valence-corrected chi connectivity index (χ1v) is 8.76. The van der Waals surface area contributed by atoms with Gasteiger partial charge in [-0.2, -0.15) is 0 Å². The molecule has 6 heteroatoms. The SMILES string of the molecule is O=c1c2c3c(sc2ncn1CC(O)c1cccc(Cl)c1)CCC3. The van der Waals surface area contributed by atoms with Gasteiger partial charge in [-0.3, -0.25) is 9.36 Å². The molecule has 0 aliphatic heterocycles. The molecule has 0 bridgehead atoms. The lowest BCUT2D eigenvalue weighted by Crippen LogP contribution is -2.23. The van der Waals surface area contributed by atoms with Gasteiger partial charge in [0.15, 0.2) is 0 Å². The molecule has 0 amide bonds. The highest BCUT2D eigenvalue weighted by molar-refractivity contribution is 7.18. The number of benzene rings is 1. The maximum absolute atomic E-state index is 12.8. The predicted octanol–water partition coefficient (Wildman–Crippen LogP) is 3.33. The molecule has 1 aliphatic carbocycles. The van der Waals surface area contributed by atoms with Crippen molar-refractivity contribution in [2.75, 3.05) is 0 Å². The van der Waals surface area contributed by atoms with Crippen LogP contribution >= 0.6 is 22.9 Å². The average Bonchev–Trinajstić information content (AvgIpc) is 3.10. The van der Waals surface area contributed by atoms with Crippen LogP contribution in [0.4, 0.5) is 0 Å². The molecule has 3 aromatic rings. The fourth-order valence-corrected chi connectivity index (χ4v) is 4.57. The number of halogens is 1. The molecule has 0 radical (unpaired) electrons. The summed E-state index contributed by atoms with van der Waals surface area (Å²) < 4.78 is 1.50. The summed E-state index contributed by atoms with van der Waals surface area (Å²) >= 11 is 7.58. The summed E-state index contributed by atoms with van der Waals surface area (Å²) in [6.07, 6.45) is 3.84. The van der Waals surface area contributed by atoms with E-state index in [1.807, 2.05) is 0 Å². The molecular formula is C17H15ClN2O2S. The summed E-state index contributed by atoms with van der Waals surface area (Å²) in [4.78, 5) is 19.3. The molecule has 2 heterocycles. The van der Waals surface area contributed by atoms with Crippen LogP contribution in [0.15, 0.2) is 35.4 Å². The summed E-state index contributed by atoms with van der Waals surface area (Å²) in [5, 5.41) is 11.7. The zero-order valence-electron chi connectivity index (χ0n) is 12.3. The average molecular weight is 347 g/mol. The minimum absolute atomic E-state index is 0.0597. The lowest BCUT2D eigenvalue weighted by Gasteiger charge is -2.13. The van der Waals surface area contributed by atoms with E-state index in [0.29, 0.717) is 10.6 Å². The molecule has 1 atom stereocenters. The van der Waals surface area contributed by atoms with E-state index >= 15 is 0 Å². The molecule has 0 saturated carbocycles. The van der Waals surface area contributed by atoms with Crippen LogP contribution < -0.4 is 5.56 Å². The molecule has 1 N–H and O–H groups in total. The van der Waals surface area contributed by atoms with Crippen LogP contribution in [-0.2, 0) is 19.4 Å². The minimum Gasteiger partial charge on any atom is -0.387 e. The summed E-state index contributed by atoms with van der Waals surface area (Å²) in [5.41, 5.74) is 1.80. The Morgan fingerprint density at radius 3 is 3.09 bits per heavy atom. The van der Waals surface area contributed by atoms with Gasteiger partial charge in [-0.05, 0) is 42.5 Å². The van der Waals surface area contributed by atoms with E-state index in [-0.39, 0.29) is 12.1 Å². The zero-order valence-corrected chi connectivity index (χ0v) is 13.9. The number of hydrogen-bond donors (Lipinski definition) is 1. The molecular weight excluding hydrogens is 332 g/mol. The molecule has 1 aliphatic rings. The maximum Gasteiger partial charge on any atom is 0.262 e. The third kappa shape index (κ3) is 2.59. The molecule has 4 nitrogen and oxygen atoms in total. The van der Waals surface area contributed by atoms with Crippen molar-refractivity contribution < 1.29 is 5.11 Å². The largest absolute Gasteiger partial charge is 0.387 e. The predicted molar refractivity (Wildman–Crippen MR) is 92.3 cm³/mol. The Labute approximate surface area is 142 Å². The van der Waals surface area contributed by atoms with E-state index in [2.05, 4.69) is 4.98 Å². The highest BCUT2D eigenvalue weighted by Gasteiger charge is 2.21. The van der Waals surface area contributed by atoms with Crippen molar-refractivity contribution in [1.82, 2.24) is 9.55 Å². The summed E-state index contributed by atoms with van der Waals surface area (Å²) in [6.45, 7) is 0.173. The molecule has 23 heavy (non-hydrogen) atoms. The molecule has 118 valence electrons. The smallest absolute Gasteiger partial charge is 0.262 e. The Hall–Kier alpha value is -1.69. The van der Waals surface area contributed by atoms with E-state index in [1.165, 1.54) is 15.8 Å². The highest BCUT2D eigenvalue weighted by Crippen LogP contribution is 2.34. The zero-order chi connectivity index (χ0) is 16.0. The number of aliphatic hydroxyl groups excluding tert-OH is 1. The minimum atomic E-state index is -0.794. The standard InChI is InChI=1S/C17H15ClN2O2S/c18-11-4-1-3-10(7-11)13(21)8-20-9-19-16-15(17(20)22)12-5-2-6-14(12)23-16/h1,3-4,7,9,13,21H,2,5-6,8H2. The number of aliphatic hydroxyl groups is 1. The Morgan fingerprint density at radius 1 is 1.39 bits per heavy atom. The Kier molecular flexibility index (Phi) is 3.71. The Balaban J connectivity index is 1.72. The fraction of sp³-hybridized carbons (Fsp3) is 0.294. The van der Waals surface area contributed by atoms with Crippen molar-refractivity contribution in [3.05, 3.63) is 62.0 Å². The maximum atomic E-state index is 12.8. The number of aryl methyl sites for hydroxylation is 2. The van der Waals surface area contributed by atoms with Crippen LogP contribution in [0.1, 0.15) is 28.5 Å². The van der Waals surface area contributed by atoms with Gasteiger partial charge in [0.25, 0.3) is 5.56 Å². The van der Waals surface area contributed by atoms with Crippen molar-refractivity contribution in [2.45, 2.75) is 31.9 Å². The quantitative estimate of drug-likeness (QED) is 0.791. The molecule has 1 aromatic carbocycles. The second-order valence-corrected chi connectivity index (χ2v) is 7.33. The first-order valence-electron chi connectivity index (χ1n) is 7.56. The molecule has 0 spiro atoms. The van der Waals surface area contributed by atoms with Gasteiger partial charge in [0, 0.05) is 9.90 Å². The molecule has 0 fully saturated rings. The number of nitrogens with zero attached hydrogens (tertiary/aromatic N) is 2. The summed E-state index contributed by atoms with van der Waals surface area (Å²) in [5.74, 6) is 0. The van der Waals surface area contributed by atoms with Gasteiger partial charge < -0.3 is 5.11 Å². The van der Waals surface area contributed by atoms with Gasteiger partial charge in [-0.25, -0.2) is 4.98 Å². The third-order valence-electron chi connectivity index (χ3n) is 4.29. The topological polar surface area (TPSA) is 55.1 Å². The van der Waals surface area contributed by atoms with Crippen LogP contribution in [0.3, 0.4) is 0 Å². The number of hydrogen-bond acceptors (Lipinski definition) is 4. The third-order valence-corrected chi connectivity index (χ3v) is 5.73. The highest BCUT2D eigenvalue weighted by atomic mass is 35.5. The van der Waals surface area contributed by atoms with Crippen LogP contribution in [0, 0.1) is 0 Å². The second kappa shape index (κ2) is 5.74. The van der Waals surface area contributed by atoms with Crippen molar-refractivity contribution in [1.29, 1.82) is 0 Å². The normalized spacial score (nSPS) is 15.0. The molecule has 2 aromatic heterocycles. The molecule has 4 rings (SSSR count). The van der Waals surface area contributed by atoms with E-state index in [9.17, 15) is 9.90 Å².